The first-order valence-corrected chi connectivity index (χ1v) is 7.32. The normalized spacial score (nSPS) is 11.5. The molecule has 1 unspecified atom stereocenters. The lowest BCUT2D eigenvalue weighted by atomic mass is 10.2. The third-order valence-corrected chi connectivity index (χ3v) is 3.47. The molecule has 0 heterocycles. The lowest BCUT2D eigenvalue weighted by molar-refractivity contribution is -0.384. The number of nitro groups is 1. The molecule has 2 aromatic carbocycles. The molecular weight excluding hydrogens is 350 g/mol. The van der Waals surface area contributed by atoms with Gasteiger partial charge in [-0.2, -0.15) is 0 Å². The highest BCUT2D eigenvalue weighted by Crippen LogP contribution is 2.18. The Labute approximate surface area is 135 Å². The van der Waals surface area contributed by atoms with Gasteiger partial charge in [-0.3, -0.25) is 14.9 Å². The number of non-ortho nitro benzene ring substituents is 1. The molecule has 1 atom stereocenters. The van der Waals surface area contributed by atoms with E-state index in [1.54, 1.807) is 13.0 Å². The monoisotopic (exact) mass is 363 g/mol. The summed E-state index contributed by atoms with van der Waals surface area (Å²) < 4.78 is 0.951. The second kappa shape index (κ2) is 7.04. The van der Waals surface area contributed by atoms with Crippen LogP contribution in [0.15, 0.2) is 53.0 Å². The van der Waals surface area contributed by atoms with Crippen LogP contribution >= 0.6 is 15.9 Å². The summed E-state index contributed by atoms with van der Waals surface area (Å²) in [5, 5.41) is 16.4. The van der Waals surface area contributed by atoms with E-state index in [9.17, 15) is 14.9 Å². The Kier molecular flexibility index (Phi) is 5.11. The quantitative estimate of drug-likeness (QED) is 0.624. The van der Waals surface area contributed by atoms with Gasteiger partial charge in [0.15, 0.2) is 0 Å². The Morgan fingerprint density at radius 1 is 1.18 bits per heavy atom. The number of nitrogens with one attached hydrogen (secondary N) is 2. The third kappa shape index (κ3) is 4.29. The van der Waals surface area contributed by atoms with E-state index in [4.69, 9.17) is 0 Å². The summed E-state index contributed by atoms with van der Waals surface area (Å²) in [6.07, 6.45) is 0. The summed E-state index contributed by atoms with van der Waals surface area (Å²) in [7, 11) is 0. The molecule has 6 nitrogen and oxygen atoms in total. The van der Waals surface area contributed by atoms with Crippen molar-refractivity contribution in [2.24, 2.45) is 0 Å². The van der Waals surface area contributed by atoms with Gasteiger partial charge in [-0.15, -0.1) is 0 Å². The van der Waals surface area contributed by atoms with Crippen molar-refractivity contribution in [1.29, 1.82) is 0 Å². The van der Waals surface area contributed by atoms with Crippen LogP contribution in [0, 0.1) is 10.1 Å². The minimum Gasteiger partial charge on any atom is -0.374 e. The van der Waals surface area contributed by atoms with Crippen LogP contribution in [0.3, 0.4) is 0 Å². The zero-order chi connectivity index (χ0) is 16.1. The molecule has 0 fully saturated rings. The molecule has 0 aliphatic rings. The lowest BCUT2D eigenvalue weighted by Gasteiger charge is -2.15. The van der Waals surface area contributed by atoms with Crippen molar-refractivity contribution in [3.8, 4) is 0 Å². The van der Waals surface area contributed by atoms with Crippen molar-refractivity contribution in [3.05, 3.63) is 63.1 Å². The minimum absolute atomic E-state index is 0.0636. The Morgan fingerprint density at radius 3 is 2.50 bits per heavy atom. The van der Waals surface area contributed by atoms with Crippen molar-refractivity contribution >= 4 is 38.9 Å². The molecule has 0 saturated carbocycles. The number of carbonyl (C=O) groups is 1. The second-order valence-electron chi connectivity index (χ2n) is 4.67. The number of benzene rings is 2. The maximum absolute atomic E-state index is 12.1. The van der Waals surface area contributed by atoms with E-state index in [0.29, 0.717) is 5.69 Å². The van der Waals surface area contributed by atoms with Crippen LogP contribution in [0.2, 0.25) is 0 Å². The van der Waals surface area contributed by atoms with Gasteiger partial charge in [-0.25, -0.2) is 0 Å². The Bertz CT molecular complexity index is 689. The molecule has 0 aromatic heterocycles. The van der Waals surface area contributed by atoms with Crippen molar-refractivity contribution in [2.75, 3.05) is 10.6 Å². The van der Waals surface area contributed by atoms with E-state index >= 15 is 0 Å². The molecule has 22 heavy (non-hydrogen) atoms. The molecule has 0 radical (unpaired) electrons. The predicted molar refractivity (Wildman–Crippen MR) is 89.0 cm³/mol. The fraction of sp³-hybridized carbons (Fsp3) is 0.133. The van der Waals surface area contributed by atoms with E-state index in [1.165, 1.54) is 18.2 Å². The van der Waals surface area contributed by atoms with E-state index in [2.05, 4.69) is 26.6 Å². The van der Waals surface area contributed by atoms with Gasteiger partial charge in [0.25, 0.3) is 5.69 Å². The van der Waals surface area contributed by atoms with E-state index in [0.717, 1.165) is 10.2 Å². The van der Waals surface area contributed by atoms with Crippen LogP contribution in [0.4, 0.5) is 17.1 Å². The summed E-state index contributed by atoms with van der Waals surface area (Å²) in [5.41, 5.74) is 1.14. The smallest absolute Gasteiger partial charge is 0.271 e. The molecule has 2 rings (SSSR count). The van der Waals surface area contributed by atoms with Gasteiger partial charge in [-0.1, -0.05) is 22.0 Å². The van der Waals surface area contributed by atoms with Gasteiger partial charge in [-0.05, 0) is 37.3 Å². The Morgan fingerprint density at radius 2 is 1.86 bits per heavy atom. The van der Waals surface area contributed by atoms with Crippen molar-refractivity contribution in [1.82, 2.24) is 0 Å². The molecule has 2 N–H and O–H groups in total. The number of rotatable bonds is 5. The number of hydrogen-bond donors (Lipinski definition) is 2. The topological polar surface area (TPSA) is 84.3 Å². The molecule has 0 bridgehead atoms. The Hall–Kier alpha value is -2.41. The van der Waals surface area contributed by atoms with Crippen LogP contribution < -0.4 is 10.6 Å². The molecule has 2 aromatic rings. The summed E-state index contributed by atoms with van der Waals surface area (Å²) in [6.45, 7) is 1.72. The fourth-order valence-electron chi connectivity index (χ4n) is 1.81. The first-order valence-electron chi connectivity index (χ1n) is 6.53. The molecule has 0 aliphatic heterocycles. The van der Waals surface area contributed by atoms with Gasteiger partial charge in [0.2, 0.25) is 5.91 Å². The SMILES string of the molecule is CC(Nc1ccc(Br)cc1)C(=O)Nc1cccc([N+](=O)[O-])c1. The van der Waals surface area contributed by atoms with Gasteiger partial charge < -0.3 is 10.6 Å². The maximum Gasteiger partial charge on any atom is 0.271 e. The van der Waals surface area contributed by atoms with Crippen LogP contribution in [-0.2, 0) is 4.79 Å². The maximum atomic E-state index is 12.1. The van der Waals surface area contributed by atoms with Crippen LogP contribution in [-0.4, -0.2) is 16.9 Å². The molecule has 0 saturated heterocycles. The van der Waals surface area contributed by atoms with E-state index in [1.807, 2.05) is 24.3 Å². The fourth-order valence-corrected chi connectivity index (χ4v) is 2.07. The molecular formula is C15H14BrN3O3. The highest BCUT2D eigenvalue weighted by Gasteiger charge is 2.14. The third-order valence-electron chi connectivity index (χ3n) is 2.95. The first kappa shape index (κ1) is 16.0. The number of anilines is 2. The number of amides is 1. The van der Waals surface area contributed by atoms with Crippen LogP contribution in [0.1, 0.15) is 6.92 Å². The largest absolute Gasteiger partial charge is 0.374 e. The molecule has 114 valence electrons. The van der Waals surface area contributed by atoms with Gasteiger partial charge in [0.1, 0.15) is 6.04 Å². The van der Waals surface area contributed by atoms with Gasteiger partial charge in [0, 0.05) is 28.0 Å². The summed E-state index contributed by atoms with van der Waals surface area (Å²) in [4.78, 5) is 22.3. The zero-order valence-electron chi connectivity index (χ0n) is 11.7. The van der Waals surface area contributed by atoms with E-state index in [-0.39, 0.29) is 11.6 Å². The number of hydrogen-bond acceptors (Lipinski definition) is 4. The molecule has 0 spiro atoms. The van der Waals surface area contributed by atoms with Crippen molar-refractivity contribution < 1.29 is 9.72 Å². The number of carbonyl (C=O) groups excluding carboxylic acids is 1. The number of nitro benzene ring substituents is 1. The molecule has 1 amide bonds. The highest BCUT2D eigenvalue weighted by atomic mass is 79.9. The number of nitrogens with zero attached hydrogens (tertiary/aromatic N) is 1. The standard InChI is InChI=1S/C15H14BrN3O3/c1-10(17-12-7-5-11(16)6-8-12)15(20)18-13-3-2-4-14(9-13)19(21)22/h2-10,17H,1H3,(H,18,20). The summed E-state index contributed by atoms with van der Waals surface area (Å²) in [5.74, 6) is -0.275. The summed E-state index contributed by atoms with van der Waals surface area (Å²) >= 11 is 3.34. The number of halogens is 1. The zero-order valence-corrected chi connectivity index (χ0v) is 13.3. The van der Waals surface area contributed by atoms with E-state index < -0.39 is 11.0 Å². The van der Waals surface area contributed by atoms with Gasteiger partial charge >= 0.3 is 0 Å². The van der Waals surface area contributed by atoms with Crippen molar-refractivity contribution in [2.45, 2.75) is 13.0 Å². The van der Waals surface area contributed by atoms with Crippen LogP contribution in [0.5, 0.6) is 0 Å². The predicted octanol–water partition coefficient (Wildman–Crippen LogP) is 3.80. The minimum atomic E-state index is -0.501. The second-order valence-corrected chi connectivity index (χ2v) is 5.59. The highest BCUT2D eigenvalue weighted by molar-refractivity contribution is 9.10. The molecule has 0 aliphatic carbocycles. The van der Waals surface area contributed by atoms with Gasteiger partial charge in [0.05, 0.1) is 4.92 Å². The average molecular weight is 364 g/mol. The summed E-state index contributed by atoms with van der Waals surface area (Å²) in [6, 6.07) is 12.8. The average Bonchev–Trinajstić information content (AvgIpc) is 2.49. The van der Waals surface area contributed by atoms with Crippen LogP contribution in [0.25, 0.3) is 0 Å². The first-order chi connectivity index (χ1) is 10.5. The van der Waals surface area contributed by atoms with Crippen molar-refractivity contribution in [3.63, 3.8) is 0 Å². The Balaban J connectivity index is 2.00. The lowest BCUT2D eigenvalue weighted by Crippen LogP contribution is -2.31. The molecule has 7 heteroatoms.